The first-order valence-corrected chi connectivity index (χ1v) is 5.63. The number of nitrogens with one attached hydrogen (secondary N) is 2. The van der Waals surface area contributed by atoms with Gasteiger partial charge in [-0.05, 0) is 6.92 Å². The van der Waals surface area contributed by atoms with Crippen molar-refractivity contribution in [2.24, 2.45) is 5.73 Å². The Morgan fingerprint density at radius 1 is 1.43 bits per heavy atom. The topological polar surface area (TPSA) is 102 Å². The highest BCUT2D eigenvalue weighted by Gasteiger charge is 2.48. The number of aromatic nitrogens is 2. The highest BCUT2D eigenvalue weighted by atomic mass is 35.5. The summed E-state index contributed by atoms with van der Waals surface area (Å²) in [5, 5.41) is 7.96. The Morgan fingerprint density at radius 2 is 2.05 bits per heavy atom. The number of urea groups is 1. The molecule has 1 atom stereocenters. The zero-order valence-electron chi connectivity index (χ0n) is 10.8. The van der Waals surface area contributed by atoms with Gasteiger partial charge in [0.15, 0.2) is 5.54 Å². The summed E-state index contributed by atoms with van der Waals surface area (Å²) in [6.07, 6.45) is -3.33. The van der Waals surface area contributed by atoms with Gasteiger partial charge in [-0.25, -0.2) is 4.79 Å². The number of imide groups is 1. The van der Waals surface area contributed by atoms with Gasteiger partial charge in [0.2, 0.25) is 0 Å². The standard InChI is InChI=1S/C10H12F3N5O2.ClH/c1-5-6(2-15-18(5)4-10(11,12)13)9(3-14)7(19)16-8(20)17-9;/h2H,3-4,14H2,1H3,(H2,16,17,19,20);1H/t9-;/m0./s1. The summed E-state index contributed by atoms with van der Waals surface area (Å²) < 4.78 is 37.9. The molecular weight excluding hydrogens is 315 g/mol. The largest absolute Gasteiger partial charge is 0.408 e. The minimum atomic E-state index is -4.44. The predicted octanol–water partition coefficient (Wildman–Crippen LogP) is 0.169. The van der Waals surface area contributed by atoms with Gasteiger partial charge in [0.05, 0.1) is 6.20 Å². The number of hydrogen-bond acceptors (Lipinski definition) is 4. The number of nitrogens with two attached hydrogens (primary N) is 1. The van der Waals surface area contributed by atoms with Gasteiger partial charge in [-0.3, -0.25) is 14.8 Å². The molecule has 0 radical (unpaired) electrons. The quantitative estimate of drug-likeness (QED) is 0.689. The van der Waals surface area contributed by atoms with Crippen LogP contribution in [-0.4, -0.2) is 34.4 Å². The molecular formula is C10H13ClF3N5O2. The molecule has 1 fully saturated rings. The van der Waals surface area contributed by atoms with E-state index in [1.54, 1.807) is 0 Å². The lowest BCUT2D eigenvalue weighted by molar-refractivity contribution is -0.142. The number of rotatable bonds is 3. The molecule has 3 amide bonds. The lowest BCUT2D eigenvalue weighted by Crippen LogP contribution is -2.50. The van der Waals surface area contributed by atoms with E-state index in [-0.39, 0.29) is 30.2 Å². The Bertz CT molecular complexity index is 574. The van der Waals surface area contributed by atoms with Gasteiger partial charge in [0, 0.05) is 17.8 Å². The Hall–Kier alpha value is -1.81. The van der Waals surface area contributed by atoms with E-state index in [1.807, 2.05) is 5.32 Å². The smallest absolute Gasteiger partial charge is 0.327 e. The third-order valence-corrected chi connectivity index (χ3v) is 3.14. The zero-order chi connectivity index (χ0) is 15.1. The third kappa shape index (κ3) is 2.95. The molecule has 0 aromatic carbocycles. The van der Waals surface area contributed by atoms with Gasteiger partial charge >= 0.3 is 12.2 Å². The maximum atomic E-state index is 12.4. The lowest BCUT2D eigenvalue weighted by Gasteiger charge is -2.24. The average Bonchev–Trinajstić information content (AvgIpc) is 2.80. The normalized spacial score (nSPS) is 21.8. The van der Waals surface area contributed by atoms with Crippen molar-refractivity contribution >= 4 is 24.3 Å². The molecule has 0 spiro atoms. The van der Waals surface area contributed by atoms with Gasteiger partial charge in [-0.2, -0.15) is 18.3 Å². The summed E-state index contributed by atoms with van der Waals surface area (Å²) in [7, 11) is 0. The number of amides is 3. The number of alkyl halides is 3. The van der Waals surface area contributed by atoms with Crippen molar-refractivity contribution in [2.45, 2.75) is 25.2 Å². The molecule has 0 unspecified atom stereocenters. The first-order chi connectivity index (χ1) is 9.19. The zero-order valence-corrected chi connectivity index (χ0v) is 11.6. The van der Waals surface area contributed by atoms with Crippen LogP contribution in [0.3, 0.4) is 0 Å². The highest BCUT2D eigenvalue weighted by molar-refractivity contribution is 6.07. The number of hydrogen-bond donors (Lipinski definition) is 3. The fraction of sp³-hybridized carbons (Fsp3) is 0.500. The van der Waals surface area contributed by atoms with Crippen LogP contribution < -0.4 is 16.4 Å². The SMILES string of the molecule is Cc1c([C@]2(CN)NC(=O)NC2=O)cnn1CC(F)(F)F.Cl. The van der Waals surface area contributed by atoms with Crippen LogP contribution in [0.15, 0.2) is 6.20 Å². The van der Waals surface area contributed by atoms with E-state index in [2.05, 4.69) is 10.4 Å². The van der Waals surface area contributed by atoms with Crippen LogP contribution in [0.5, 0.6) is 0 Å². The van der Waals surface area contributed by atoms with E-state index in [9.17, 15) is 22.8 Å². The fourth-order valence-electron chi connectivity index (χ4n) is 2.13. The van der Waals surface area contributed by atoms with Crippen molar-refractivity contribution < 1.29 is 22.8 Å². The maximum Gasteiger partial charge on any atom is 0.408 e. The molecule has 1 aliphatic rings. The summed E-state index contributed by atoms with van der Waals surface area (Å²) in [4.78, 5) is 23.1. The number of halogens is 4. The molecule has 0 aliphatic carbocycles. The summed E-state index contributed by atoms with van der Waals surface area (Å²) >= 11 is 0. The molecule has 21 heavy (non-hydrogen) atoms. The number of carbonyl (C=O) groups excluding carboxylic acids is 2. The Labute approximate surface area is 123 Å². The Morgan fingerprint density at radius 3 is 2.48 bits per heavy atom. The number of nitrogens with zero attached hydrogens (tertiary/aromatic N) is 2. The first kappa shape index (κ1) is 17.2. The van der Waals surface area contributed by atoms with Crippen molar-refractivity contribution in [3.8, 4) is 0 Å². The van der Waals surface area contributed by atoms with E-state index in [1.165, 1.54) is 6.92 Å². The fourth-order valence-corrected chi connectivity index (χ4v) is 2.13. The van der Waals surface area contributed by atoms with E-state index in [0.717, 1.165) is 6.20 Å². The van der Waals surface area contributed by atoms with Gasteiger partial charge in [-0.1, -0.05) is 0 Å². The van der Waals surface area contributed by atoms with Crippen LogP contribution in [-0.2, 0) is 16.9 Å². The Kier molecular flexibility index (Phi) is 4.54. The highest BCUT2D eigenvalue weighted by Crippen LogP contribution is 2.28. The molecule has 2 rings (SSSR count). The molecule has 2 heterocycles. The molecule has 1 aromatic heterocycles. The molecule has 0 saturated carbocycles. The second-order valence-electron chi connectivity index (χ2n) is 4.43. The number of carbonyl (C=O) groups is 2. The minimum absolute atomic E-state index is 0. The van der Waals surface area contributed by atoms with Crippen LogP contribution in [0, 0.1) is 6.92 Å². The average molecular weight is 328 g/mol. The van der Waals surface area contributed by atoms with Crippen LogP contribution >= 0.6 is 12.4 Å². The molecule has 1 aromatic rings. The molecule has 1 aliphatic heterocycles. The molecule has 7 nitrogen and oxygen atoms in total. The summed E-state index contributed by atoms with van der Waals surface area (Å²) in [5.74, 6) is -0.709. The van der Waals surface area contributed by atoms with Crippen LogP contribution in [0.25, 0.3) is 0 Å². The van der Waals surface area contributed by atoms with Crippen LogP contribution in [0.1, 0.15) is 11.3 Å². The van der Waals surface area contributed by atoms with Crippen molar-refractivity contribution in [1.82, 2.24) is 20.4 Å². The van der Waals surface area contributed by atoms with E-state index >= 15 is 0 Å². The summed E-state index contributed by atoms with van der Waals surface area (Å²) in [6, 6.07) is -0.747. The molecule has 4 N–H and O–H groups in total. The Balaban J connectivity index is 0.00000220. The monoisotopic (exact) mass is 327 g/mol. The van der Waals surface area contributed by atoms with Crippen LogP contribution in [0.2, 0.25) is 0 Å². The summed E-state index contributed by atoms with van der Waals surface area (Å²) in [6.45, 7) is -0.193. The second-order valence-corrected chi connectivity index (χ2v) is 4.43. The van der Waals surface area contributed by atoms with Crippen molar-refractivity contribution in [1.29, 1.82) is 0 Å². The van der Waals surface area contributed by atoms with E-state index in [0.29, 0.717) is 4.68 Å². The molecule has 11 heteroatoms. The van der Waals surface area contributed by atoms with Gasteiger partial charge in [0.25, 0.3) is 5.91 Å². The van der Waals surface area contributed by atoms with Crippen LogP contribution in [0.4, 0.5) is 18.0 Å². The third-order valence-electron chi connectivity index (χ3n) is 3.14. The van der Waals surface area contributed by atoms with Crippen molar-refractivity contribution in [2.75, 3.05) is 6.54 Å². The van der Waals surface area contributed by atoms with Crippen molar-refractivity contribution in [3.05, 3.63) is 17.5 Å². The van der Waals surface area contributed by atoms with Crippen molar-refractivity contribution in [3.63, 3.8) is 0 Å². The maximum absolute atomic E-state index is 12.4. The first-order valence-electron chi connectivity index (χ1n) is 5.63. The van der Waals surface area contributed by atoms with Gasteiger partial charge < -0.3 is 11.1 Å². The molecule has 1 saturated heterocycles. The molecule has 118 valence electrons. The molecule has 0 bridgehead atoms. The second kappa shape index (κ2) is 5.53. The van der Waals surface area contributed by atoms with E-state index in [4.69, 9.17) is 5.73 Å². The van der Waals surface area contributed by atoms with Gasteiger partial charge in [-0.15, -0.1) is 12.4 Å². The summed E-state index contributed by atoms with van der Waals surface area (Å²) in [5.41, 5.74) is 4.21. The van der Waals surface area contributed by atoms with Gasteiger partial charge in [0.1, 0.15) is 6.54 Å². The minimum Gasteiger partial charge on any atom is -0.327 e. The van der Waals surface area contributed by atoms with E-state index < -0.39 is 30.2 Å². The lowest BCUT2D eigenvalue weighted by atomic mass is 9.90. The predicted molar refractivity (Wildman–Crippen MR) is 67.7 cm³/mol.